The average Bonchev–Trinajstić information content (AvgIpc) is 3.01. The molecular weight excluding hydrogens is 303 g/mol. The molecule has 1 aliphatic heterocycles. The summed E-state index contributed by atoms with van der Waals surface area (Å²) in [5.74, 6) is -0.626. The first-order valence-electron chi connectivity index (χ1n) is 7.38. The molecule has 1 saturated heterocycles. The van der Waals surface area contributed by atoms with Crippen molar-refractivity contribution in [1.29, 1.82) is 0 Å². The highest BCUT2D eigenvalue weighted by atomic mass is 16.7. The smallest absolute Gasteiger partial charge is 0.495 e. The minimum absolute atomic E-state index is 0.182. The van der Waals surface area contributed by atoms with Gasteiger partial charge in [-0.3, -0.25) is 0 Å². The molecule has 0 saturated carbocycles. The Bertz CT molecular complexity index is 519. The lowest BCUT2D eigenvalue weighted by Crippen LogP contribution is -2.39. The second-order valence-corrected chi connectivity index (χ2v) is 4.72. The van der Waals surface area contributed by atoms with Crippen LogP contribution in [0.4, 0.5) is 0 Å². The maximum Gasteiger partial charge on any atom is 0.495 e. The zero-order valence-electron chi connectivity index (χ0n) is 13.3. The summed E-state index contributed by atoms with van der Waals surface area (Å²) in [5, 5.41) is 0. The summed E-state index contributed by atoms with van der Waals surface area (Å²) >= 11 is 0. The predicted molar refractivity (Wildman–Crippen MR) is 81.4 cm³/mol. The summed E-state index contributed by atoms with van der Waals surface area (Å²) in [4.78, 5) is 24.0. The Kier molecular flexibility index (Phi) is 6.01. The summed E-state index contributed by atoms with van der Waals surface area (Å²) in [7, 11) is 0.704. The van der Waals surface area contributed by atoms with Crippen LogP contribution in [0.15, 0.2) is 24.3 Å². The van der Waals surface area contributed by atoms with Crippen LogP contribution in [0.25, 0.3) is 0 Å². The molecule has 2 atom stereocenters. The van der Waals surface area contributed by atoms with Gasteiger partial charge >= 0.3 is 19.1 Å². The number of hydrogen-bond acceptors (Lipinski definition) is 7. The van der Waals surface area contributed by atoms with Crippen LogP contribution in [0.5, 0.6) is 5.75 Å². The molecule has 0 unspecified atom stereocenters. The van der Waals surface area contributed by atoms with Crippen molar-refractivity contribution in [2.75, 3.05) is 20.3 Å². The summed E-state index contributed by atoms with van der Waals surface area (Å²) < 4.78 is 26.1. The van der Waals surface area contributed by atoms with Gasteiger partial charge in [0.1, 0.15) is 5.75 Å². The average molecular weight is 322 g/mol. The summed E-state index contributed by atoms with van der Waals surface area (Å²) in [6.45, 7) is 3.71. The zero-order chi connectivity index (χ0) is 16.8. The van der Waals surface area contributed by atoms with Gasteiger partial charge in [0.15, 0.2) is 12.2 Å². The third-order valence-corrected chi connectivity index (χ3v) is 3.24. The molecule has 1 aromatic carbocycles. The van der Waals surface area contributed by atoms with E-state index in [1.165, 1.54) is 0 Å². The van der Waals surface area contributed by atoms with Gasteiger partial charge in [0, 0.05) is 0 Å². The van der Waals surface area contributed by atoms with Gasteiger partial charge in [0.25, 0.3) is 0 Å². The highest BCUT2D eigenvalue weighted by molar-refractivity contribution is 6.62. The highest BCUT2D eigenvalue weighted by Crippen LogP contribution is 2.20. The molecule has 0 N–H and O–H groups in total. The van der Waals surface area contributed by atoms with Gasteiger partial charge in [-0.05, 0) is 31.4 Å². The van der Waals surface area contributed by atoms with E-state index in [-0.39, 0.29) is 13.2 Å². The van der Waals surface area contributed by atoms with E-state index in [1.807, 2.05) is 0 Å². The first kappa shape index (κ1) is 17.3. The number of methoxy groups -OCH3 is 1. The van der Waals surface area contributed by atoms with E-state index in [2.05, 4.69) is 0 Å². The lowest BCUT2D eigenvalue weighted by molar-refractivity contribution is -0.163. The second kappa shape index (κ2) is 7.98. The molecule has 1 fully saturated rings. The fourth-order valence-electron chi connectivity index (χ4n) is 2.17. The van der Waals surface area contributed by atoms with Crippen molar-refractivity contribution in [3.05, 3.63) is 24.3 Å². The quantitative estimate of drug-likeness (QED) is 0.550. The largest absolute Gasteiger partial charge is 0.497 e. The number of esters is 2. The predicted octanol–water partition coefficient (Wildman–Crippen LogP) is 0.301. The van der Waals surface area contributed by atoms with Gasteiger partial charge in [-0.1, -0.05) is 12.1 Å². The molecule has 0 aliphatic carbocycles. The molecule has 1 heterocycles. The lowest BCUT2D eigenvalue weighted by atomic mass is 9.79. The van der Waals surface area contributed by atoms with Crippen molar-refractivity contribution >= 4 is 24.5 Å². The topological polar surface area (TPSA) is 80.3 Å². The van der Waals surface area contributed by atoms with Crippen LogP contribution in [0.3, 0.4) is 0 Å². The summed E-state index contributed by atoms with van der Waals surface area (Å²) in [5.41, 5.74) is 0.659. The fourth-order valence-corrected chi connectivity index (χ4v) is 2.17. The van der Waals surface area contributed by atoms with E-state index in [4.69, 9.17) is 23.5 Å². The Hall–Kier alpha value is -2.06. The molecule has 0 bridgehead atoms. The molecule has 0 amide bonds. The molecule has 7 nitrogen and oxygen atoms in total. The number of rotatable bonds is 6. The minimum atomic E-state index is -1.15. The van der Waals surface area contributed by atoms with E-state index >= 15 is 0 Å². The van der Waals surface area contributed by atoms with Crippen molar-refractivity contribution in [2.45, 2.75) is 26.1 Å². The van der Waals surface area contributed by atoms with E-state index in [0.717, 1.165) is 0 Å². The van der Waals surface area contributed by atoms with Crippen LogP contribution in [-0.2, 0) is 28.4 Å². The third-order valence-electron chi connectivity index (χ3n) is 3.24. The highest BCUT2D eigenvalue weighted by Gasteiger charge is 2.49. The number of benzene rings is 1. The van der Waals surface area contributed by atoms with E-state index in [0.29, 0.717) is 11.2 Å². The van der Waals surface area contributed by atoms with Crippen LogP contribution >= 0.6 is 0 Å². The van der Waals surface area contributed by atoms with Crippen LogP contribution in [0.2, 0.25) is 0 Å². The van der Waals surface area contributed by atoms with Crippen LogP contribution < -0.4 is 10.2 Å². The van der Waals surface area contributed by atoms with Crippen molar-refractivity contribution in [1.82, 2.24) is 0 Å². The van der Waals surface area contributed by atoms with E-state index in [9.17, 15) is 9.59 Å². The SMILES string of the molecule is CCOC(=O)[C@H]1OB(c2ccc(OC)cc2)O[C@@H]1C(=O)OCC. The maximum absolute atomic E-state index is 12.0. The van der Waals surface area contributed by atoms with Crippen molar-refractivity contribution < 1.29 is 33.1 Å². The van der Waals surface area contributed by atoms with Crippen LogP contribution in [0, 0.1) is 0 Å². The van der Waals surface area contributed by atoms with Crippen molar-refractivity contribution in [3.8, 4) is 5.75 Å². The van der Waals surface area contributed by atoms with Gasteiger partial charge in [-0.2, -0.15) is 0 Å². The number of ether oxygens (including phenoxy) is 3. The Labute approximate surface area is 134 Å². The molecule has 1 aromatic rings. The lowest BCUT2D eigenvalue weighted by Gasteiger charge is -2.15. The molecule has 1 aliphatic rings. The Morgan fingerprint density at radius 1 is 1.00 bits per heavy atom. The monoisotopic (exact) mass is 322 g/mol. The standard InChI is InChI=1S/C15H19BO7/c1-4-20-14(17)12-13(15(18)21-5-2)23-16(22-12)10-6-8-11(19-3)9-7-10/h6-9,12-13H,4-5H2,1-3H3/t12-,13-/m0/s1. The van der Waals surface area contributed by atoms with Gasteiger partial charge in [0.2, 0.25) is 0 Å². The number of carbonyl (C=O) groups is 2. The zero-order valence-corrected chi connectivity index (χ0v) is 13.3. The van der Waals surface area contributed by atoms with Crippen molar-refractivity contribution in [3.63, 3.8) is 0 Å². The molecule has 23 heavy (non-hydrogen) atoms. The molecule has 0 radical (unpaired) electrons. The summed E-state index contributed by atoms with van der Waals surface area (Å²) in [6, 6.07) is 6.94. The molecule has 124 valence electrons. The Morgan fingerprint density at radius 3 is 1.87 bits per heavy atom. The Morgan fingerprint density at radius 2 is 1.48 bits per heavy atom. The van der Waals surface area contributed by atoms with Crippen molar-refractivity contribution in [2.24, 2.45) is 0 Å². The second-order valence-electron chi connectivity index (χ2n) is 4.72. The number of hydrogen-bond donors (Lipinski definition) is 0. The van der Waals surface area contributed by atoms with Crippen LogP contribution in [-0.4, -0.2) is 51.6 Å². The van der Waals surface area contributed by atoms with Gasteiger partial charge in [-0.15, -0.1) is 0 Å². The van der Waals surface area contributed by atoms with Gasteiger partial charge < -0.3 is 23.5 Å². The van der Waals surface area contributed by atoms with Crippen LogP contribution in [0.1, 0.15) is 13.8 Å². The molecular formula is C15H19BO7. The molecule has 0 aromatic heterocycles. The first-order chi connectivity index (χ1) is 11.1. The minimum Gasteiger partial charge on any atom is -0.497 e. The fraction of sp³-hybridized carbons (Fsp3) is 0.467. The molecule has 2 rings (SSSR count). The van der Waals surface area contributed by atoms with E-state index in [1.54, 1.807) is 45.2 Å². The van der Waals surface area contributed by atoms with Gasteiger partial charge in [0.05, 0.1) is 20.3 Å². The van der Waals surface area contributed by atoms with Gasteiger partial charge in [-0.25, -0.2) is 9.59 Å². The third kappa shape index (κ3) is 4.03. The normalized spacial score (nSPS) is 20.2. The maximum atomic E-state index is 12.0. The number of carbonyl (C=O) groups excluding carboxylic acids is 2. The molecule has 8 heteroatoms. The molecule has 0 spiro atoms. The first-order valence-corrected chi connectivity index (χ1v) is 7.38. The summed E-state index contributed by atoms with van der Waals surface area (Å²) in [6.07, 6.45) is -2.30. The Balaban J connectivity index is 2.17. The van der Waals surface area contributed by atoms with E-state index < -0.39 is 31.3 Å².